The van der Waals surface area contributed by atoms with Crippen LogP contribution in [0.4, 0.5) is 0 Å². The van der Waals surface area contributed by atoms with Crippen LogP contribution in [0.3, 0.4) is 0 Å². The van der Waals surface area contributed by atoms with Gasteiger partial charge in [0.05, 0.1) is 0 Å². The normalized spacial score (nSPS) is 15.7. The van der Waals surface area contributed by atoms with Crippen molar-refractivity contribution in [3.05, 3.63) is 40.7 Å². The van der Waals surface area contributed by atoms with Crippen molar-refractivity contribution in [3.8, 4) is 11.4 Å². The molecule has 104 valence electrons. The van der Waals surface area contributed by atoms with Crippen LogP contribution in [-0.4, -0.2) is 16.2 Å². The second-order valence-electron chi connectivity index (χ2n) is 5.23. The molecule has 0 spiro atoms. The first-order chi connectivity index (χ1) is 9.76. The Bertz CT molecular complexity index is 640. The standard InChI is InChI=1S/C16H18N2S2/c1-20-13-8-6-12(7-9-13)16-17-14(10-15(19)18-16)11-4-2-3-5-11/h6-11H,2-5H2,1H3,(H,17,18,19). The van der Waals surface area contributed by atoms with Crippen LogP contribution < -0.4 is 0 Å². The number of rotatable bonds is 3. The van der Waals surface area contributed by atoms with Crippen LogP contribution >= 0.6 is 24.0 Å². The smallest absolute Gasteiger partial charge is 0.139 e. The first-order valence-electron chi connectivity index (χ1n) is 7.02. The average molecular weight is 302 g/mol. The molecular weight excluding hydrogens is 284 g/mol. The van der Waals surface area contributed by atoms with E-state index in [1.54, 1.807) is 11.8 Å². The fourth-order valence-electron chi connectivity index (χ4n) is 2.82. The van der Waals surface area contributed by atoms with Crippen molar-refractivity contribution in [1.82, 2.24) is 9.97 Å². The quantitative estimate of drug-likeness (QED) is 0.625. The van der Waals surface area contributed by atoms with Crippen LogP contribution in [0.5, 0.6) is 0 Å². The molecule has 2 aromatic rings. The number of nitrogens with zero attached hydrogens (tertiary/aromatic N) is 1. The Balaban J connectivity index is 1.97. The van der Waals surface area contributed by atoms with Gasteiger partial charge in [0.15, 0.2) is 0 Å². The largest absolute Gasteiger partial charge is 0.343 e. The van der Waals surface area contributed by atoms with Crippen LogP contribution in [0.2, 0.25) is 0 Å². The van der Waals surface area contributed by atoms with Crippen LogP contribution in [-0.2, 0) is 0 Å². The summed E-state index contributed by atoms with van der Waals surface area (Å²) in [4.78, 5) is 9.24. The van der Waals surface area contributed by atoms with E-state index in [4.69, 9.17) is 12.2 Å². The van der Waals surface area contributed by atoms with E-state index < -0.39 is 0 Å². The van der Waals surface area contributed by atoms with Crippen molar-refractivity contribution < 1.29 is 0 Å². The lowest BCUT2D eigenvalue weighted by Crippen LogP contribution is -2.00. The van der Waals surface area contributed by atoms with E-state index >= 15 is 0 Å². The first kappa shape index (κ1) is 13.8. The summed E-state index contributed by atoms with van der Waals surface area (Å²) >= 11 is 7.08. The minimum Gasteiger partial charge on any atom is -0.343 e. The van der Waals surface area contributed by atoms with Gasteiger partial charge in [-0.15, -0.1) is 11.8 Å². The topological polar surface area (TPSA) is 28.7 Å². The van der Waals surface area contributed by atoms with Crippen LogP contribution in [0.1, 0.15) is 37.3 Å². The third-order valence-corrected chi connectivity index (χ3v) is 4.87. The molecule has 4 heteroatoms. The van der Waals surface area contributed by atoms with Gasteiger partial charge in [0.25, 0.3) is 0 Å². The lowest BCUT2D eigenvalue weighted by molar-refractivity contribution is 0.694. The predicted molar refractivity (Wildman–Crippen MR) is 87.8 cm³/mol. The Hall–Kier alpha value is -1.13. The molecule has 1 saturated carbocycles. The summed E-state index contributed by atoms with van der Waals surface area (Å²) in [7, 11) is 0. The molecule has 0 aliphatic heterocycles. The van der Waals surface area contributed by atoms with Crippen LogP contribution in [0, 0.1) is 4.64 Å². The summed E-state index contributed by atoms with van der Waals surface area (Å²) in [5.41, 5.74) is 2.36. The number of thioether (sulfide) groups is 1. The predicted octanol–water partition coefficient (Wildman–Crippen LogP) is 5.19. The van der Waals surface area contributed by atoms with Gasteiger partial charge in [0.2, 0.25) is 0 Å². The van der Waals surface area contributed by atoms with Gasteiger partial charge >= 0.3 is 0 Å². The molecule has 2 nitrogen and oxygen atoms in total. The van der Waals surface area contributed by atoms with Crippen LogP contribution in [0.15, 0.2) is 35.2 Å². The highest BCUT2D eigenvalue weighted by molar-refractivity contribution is 7.98. The van der Waals surface area contributed by atoms with Gasteiger partial charge in [-0.25, -0.2) is 4.98 Å². The molecule has 1 aliphatic carbocycles. The first-order valence-corrected chi connectivity index (χ1v) is 8.65. The molecule has 0 unspecified atom stereocenters. The van der Waals surface area contributed by atoms with E-state index in [2.05, 4.69) is 40.5 Å². The van der Waals surface area contributed by atoms with E-state index in [-0.39, 0.29) is 0 Å². The monoisotopic (exact) mass is 302 g/mol. The maximum Gasteiger partial charge on any atom is 0.139 e. The zero-order valence-corrected chi connectivity index (χ0v) is 13.2. The highest BCUT2D eigenvalue weighted by Gasteiger charge is 2.18. The van der Waals surface area contributed by atoms with E-state index in [0.717, 1.165) is 11.4 Å². The third kappa shape index (κ3) is 2.96. The molecule has 0 radical (unpaired) electrons. The molecule has 20 heavy (non-hydrogen) atoms. The zero-order valence-electron chi connectivity index (χ0n) is 11.6. The van der Waals surface area contributed by atoms with E-state index in [1.807, 2.05) is 6.07 Å². The fourth-order valence-corrected chi connectivity index (χ4v) is 3.45. The Morgan fingerprint density at radius 1 is 1.20 bits per heavy atom. The number of H-pyrrole nitrogens is 1. The Kier molecular flexibility index (Phi) is 4.22. The number of aromatic amines is 1. The number of aromatic nitrogens is 2. The lowest BCUT2D eigenvalue weighted by atomic mass is 10.0. The summed E-state index contributed by atoms with van der Waals surface area (Å²) in [6, 6.07) is 10.5. The van der Waals surface area contributed by atoms with E-state index in [1.165, 1.54) is 36.3 Å². The van der Waals surface area contributed by atoms with E-state index in [9.17, 15) is 0 Å². The summed E-state index contributed by atoms with van der Waals surface area (Å²) in [6.07, 6.45) is 7.26. The average Bonchev–Trinajstić information content (AvgIpc) is 3.01. The Morgan fingerprint density at radius 3 is 2.55 bits per heavy atom. The molecule has 1 aromatic carbocycles. The molecule has 1 N–H and O–H groups in total. The molecular formula is C16H18N2S2. The zero-order chi connectivity index (χ0) is 13.9. The number of hydrogen-bond acceptors (Lipinski definition) is 3. The van der Waals surface area contributed by atoms with Crippen molar-refractivity contribution in [2.24, 2.45) is 0 Å². The molecule has 0 amide bonds. The van der Waals surface area contributed by atoms with Gasteiger partial charge < -0.3 is 4.98 Å². The van der Waals surface area contributed by atoms with Crippen molar-refractivity contribution in [3.63, 3.8) is 0 Å². The van der Waals surface area contributed by atoms with Crippen LogP contribution in [0.25, 0.3) is 11.4 Å². The van der Waals surface area contributed by atoms with Crippen molar-refractivity contribution in [2.45, 2.75) is 36.5 Å². The maximum absolute atomic E-state index is 5.34. The van der Waals surface area contributed by atoms with Gasteiger partial charge in [-0.3, -0.25) is 0 Å². The molecule has 3 rings (SSSR count). The molecule has 1 aliphatic rings. The summed E-state index contributed by atoms with van der Waals surface area (Å²) in [5, 5.41) is 0. The summed E-state index contributed by atoms with van der Waals surface area (Å²) in [6.45, 7) is 0. The summed E-state index contributed by atoms with van der Waals surface area (Å²) in [5.74, 6) is 1.52. The lowest BCUT2D eigenvalue weighted by Gasteiger charge is -2.11. The molecule has 0 bridgehead atoms. The van der Waals surface area contributed by atoms with Crippen molar-refractivity contribution in [2.75, 3.05) is 6.26 Å². The minimum atomic E-state index is 0.629. The highest BCUT2D eigenvalue weighted by atomic mass is 32.2. The molecule has 0 atom stereocenters. The third-order valence-electron chi connectivity index (χ3n) is 3.92. The molecule has 0 saturated heterocycles. The second-order valence-corrected chi connectivity index (χ2v) is 6.53. The summed E-state index contributed by atoms with van der Waals surface area (Å²) < 4.78 is 0.689. The van der Waals surface area contributed by atoms with Crippen molar-refractivity contribution >= 4 is 24.0 Å². The Morgan fingerprint density at radius 2 is 1.90 bits per heavy atom. The van der Waals surface area contributed by atoms with E-state index in [0.29, 0.717) is 10.6 Å². The molecule has 1 heterocycles. The van der Waals surface area contributed by atoms with Gasteiger partial charge in [0, 0.05) is 16.2 Å². The fraction of sp³-hybridized carbons (Fsp3) is 0.375. The van der Waals surface area contributed by atoms with Crippen molar-refractivity contribution in [1.29, 1.82) is 0 Å². The van der Waals surface area contributed by atoms with Gasteiger partial charge in [-0.05, 0) is 43.2 Å². The van der Waals surface area contributed by atoms with Gasteiger partial charge in [-0.2, -0.15) is 0 Å². The second kappa shape index (κ2) is 6.10. The minimum absolute atomic E-state index is 0.629. The SMILES string of the molecule is CSc1ccc(-c2nc(=S)cc(C3CCCC3)[nH]2)cc1. The van der Waals surface area contributed by atoms with Gasteiger partial charge in [-0.1, -0.05) is 37.2 Å². The maximum atomic E-state index is 5.34. The highest BCUT2D eigenvalue weighted by Crippen LogP contribution is 2.33. The number of hydrogen-bond donors (Lipinski definition) is 1. The molecule has 1 aromatic heterocycles. The number of benzene rings is 1. The van der Waals surface area contributed by atoms with Gasteiger partial charge in [0.1, 0.15) is 10.5 Å². The Labute approximate surface area is 129 Å². The number of nitrogens with one attached hydrogen (secondary N) is 1. The molecule has 1 fully saturated rings.